The Balaban J connectivity index is 2.18. The van der Waals surface area contributed by atoms with E-state index in [4.69, 9.17) is 5.73 Å². The number of rotatable bonds is 0. The highest BCUT2D eigenvalue weighted by atomic mass is 16.3. The molecule has 19 heavy (non-hydrogen) atoms. The Hall–Kier alpha value is -2.33. The van der Waals surface area contributed by atoms with Gasteiger partial charge in [-0.05, 0) is 23.3 Å². The molecule has 0 radical (unpaired) electrons. The van der Waals surface area contributed by atoms with Crippen LogP contribution in [-0.2, 0) is 0 Å². The Bertz CT molecular complexity index is 616. The molecular weight excluding hydrogens is 240 g/mol. The normalized spacial score (nSPS) is 24.3. The molecule has 3 rings (SSSR count). The van der Waals surface area contributed by atoms with Crippen molar-refractivity contribution in [3.05, 3.63) is 59.7 Å². The van der Waals surface area contributed by atoms with Crippen molar-refractivity contribution in [1.29, 1.82) is 0 Å². The summed E-state index contributed by atoms with van der Waals surface area (Å²) in [7, 11) is 0. The standard InChI is InChI=1S/C15H14N2O2/c16-15(19)17-13-4-2-1-3-10(13)5-6-11-9-12(18)7-8-14(11)17/h1-9,12,14,18H,(H2,16,19). The minimum absolute atomic E-state index is 0.263. The fourth-order valence-corrected chi connectivity index (χ4v) is 2.51. The zero-order valence-electron chi connectivity index (χ0n) is 10.2. The molecule has 0 spiro atoms. The maximum atomic E-state index is 11.8. The second-order valence-corrected chi connectivity index (χ2v) is 4.59. The third-order valence-corrected chi connectivity index (χ3v) is 3.36. The number of benzene rings is 1. The summed E-state index contributed by atoms with van der Waals surface area (Å²) in [4.78, 5) is 13.3. The van der Waals surface area contributed by atoms with E-state index in [-0.39, 0.29) is 6.04 Å². The van der Waals surface area contributed by atoms with Crippen LogP contribution >= 0.6 is 0 Å². The largest absolute Gasteiger partial charge is 0.385 e. The van der Waals surface area contributed by atoms with Crippen molar-refractivity contribution in [1.82, 2.24) is 0 Å². The monoisotopic (exact) mass is 254 g/mol. The van der Waals surface area contributed by atoms with Gasteiger partial charge in [0.25, 0.3) is 0 Å². The highest BCUT2D eigenvalue weighted by Crippen LogP contribution is 2.32. The fourth-order valence-electron chi connectivity index (χ4n) is 2.51. The first-order valence-electron chi connectivity index (χ1n) is 6.11. The van der Waals surface area contributed by atoms with Gasteiger partial charge < -0.3 is 10.8 Å². The highest BCUT2D eigenvalue weighted by molar-refractivity contribution is 5.96. The lowest BCUT2D eigenvalue weighted by molar-refractivity contribution is 0.252. The van der Waals surface area contributed by atoms with Gasteiger partial charge >= 0.3 is 6.03 Å². The molecule has 2 atom stereocenters. The van der Waals surface area contributed by atoms with Crippen molar-refractivity contribution in [2.24, 2.45) is 5.73 Å². The van der Waals surface area contributed by atoms with Gasteiger partial charge in [-0.25, -0.2) is 4.79 Å². The van der Waals surface area contributed by atoms with Crippen molar-refractivity contribution >= 4 is 17.8 Å². The number of para-hydroxylation sites is 1. The van der Waals surface area contributed by atoms with Gasteiger partial charge in [-0.15, -0.1) is 0 Å². The zero-order chi connectivity index (χ0) is 13.4. The lowest BCUT2D eigenvalue weighted by Crippen LogP contribution is -2.44. The van der Waals surface area contributed by atoms with E-state index in [0.29, 0.717) is 0 Å². The molecule has 0 fully saturated rings. The number of carbonyl (C=O) groups is 1. The van der Waals surface area contributed by atoms with E-state index in [1.54, 1.807) is 23.1 Å². The number of hydrogen-bond donors (Lipinski definition) is 2. The topological polar surface area (TPSA) is 66.6 Å². The third kappa shape index (κ3) is 1.96. The first-order chi connectivity index (χ1) is 9.16. The Morgan fingerprint density at radius 1 is 1.21 bits per heavy atom. The molecule has 0 bridgehead atoms. The maximum Gasteiger partial charge on any atom is 0.320 e. The van der Waals surface area contributed by atoms with E-state index < -0.39 is 12.1 Å². The van der Waals surface area contributed by atoms with Gasteiger partial charge in [0.05, 0.1) is 17.8 Å². The summed E-state index contributed by atoms with van der Waals surface area (Å²) in [6, 6.07) is 6.81. The zero-order valence-corrected chi connectivity index (χ0v) is 10.2. The van der Waals surface area contributed by atoms with Crippen molar-refractivity contribution in [2.75, 3.05) is 4.90 Å². The number of nitrogens with two attached hydrogens (primary N) is 1. The van der Waals surface area contributed by atoms with Crippen molar-refractivity contribution in [2.45, 2.75) is 12.1 Å². The predicted octanol–water partition coefficient (Wildman–Crippen LogP) is 1.82. The molecule has 1 aliphatic carbocycles. The predicted molar refractivity (Wildman–Crippen MR) is 74.6 cm³/mol. The van der Waals surface area contributed by atoms with E-state index in [0.717, 1.165) is 16.8 Å². The first-order valence-corrected chi connectivity index (χ1v) is 6.11. The lowest BCUT2D eigenvalue weighted by Gasteiger charge is -2.30. The van der Waals surface area contributed by atoms with Gasteiger partial charge in [-0.2, -0.15) is 0 Å². The van der Waals surface area contributed by atoms with Crippen molar-refractivity contribution < 1.29 is 9.90 Å². The van der Waals surface area contributed by atoms with Crippen LogP contribution in [0.3, 0.4) is 0 Å². The first kappa shape index (κ1) is 11.7. The molecule has 1 aliphatic heterocycles. The molecule has 2 aliphatic rings. The molecule has 3 N–H and O–H groups in total. The van der Waals surface area contributed by atoms with Gasteiger partial charge in [0.15, 0.2) is 0 Å². The molecule has 1 heterocycles. The van der Waals surface area contributed by atoms with Crippen LogP contribution in [0.4, 0.5) is 10.5 Å². The maximum absolute atomic E-state index is 11.8. The quantitative estimate of drug-likeness (QED) is 0.693. The molecule has 96 valence electrons. The van der Waals surface area contributed by atoms with E-state index in [1.807, 2.05) is 36.4 Å². The number of amides is 2. The third-order valence-electron chi connectivity index (χ3n) is 3.36. The Morgan fingerprint density at radius 3 is 2.79 bits per heavy atom. The molecule has 0 aromatic heterocycles. The molecule has 0 saturated heterocycles. The molecule has 1 aromatic rings. The number of primary amides is 1. The molecule has 0 saturated carbocycles. The van der Waals surface area contributed by atoms with Crippen LogP contribution in [-0.4, -0.2) is 23.3 Å². The second kappa shape index (κ2) is 4.40. The van der Waals surface area contributed by atoms with Crippen LogP contribution in [0.5, 0.6) is 0 Å². The summed E-state index contributed by atoms with van der Waals surface area (Å²) in [5.41, 5.74) is 8.10. The van der Waals surface area contributed by atoms with Gasteiger partial charge in [-0.3, -0.25) is 4.90 Å². The van der Waals surface area contributed by atoms with Gasteiger partial charge in [0.1, 0.15) is 0 Å². The number of hydrogen-bond acceptors (Lipinski definition) is 2. The molecule has 4 heteroatoms. The van der Waals surface area contributed by atoms with Crippen LogP contribution in [0, 0.1) is 0 Å². The fraction of sp³-hybridized carbons (Fsp3) is 0.133. The number of aliphatic hydroxyl groups is 1. The summed E-state index contributed by atoms with van der Waals surface area (Å²) in [5, 5.41) is 9.65. The smallest absolute Gasteiger partial charge is 0.320 e. The summed E-state index contributed by atoms with van der Waals surface area (Å²) in [6.45, 7) is 0. The SMILES string of the molecule is NC(=O)N1c2ccccc2C=CC2=CC(O)C=CC21. The second-order valence-electron chi connectivity index (χ2n) is 4.59. The van der Waals surface area contributed by atoms with Crippen LogP contribution in [0.25, 0.3) is 6.08 Å². The van der Waals surface area contributed by atoms with Crippen LogP contribution < -0.4 is 10.6 Å². The molecule has 2 amide bonds. The van der Waals surface area contributed by atoms with Gasteiger partial charge in [0.2, 0.25) is 0 Å². The molecule has 4 nitrogen and oxygen atoms in total. The minimum atomic E-state index is -0.619. The number of carbonyl (C=O) groups excluding carboxylic acids is 1. The van der Waals surface area contributed by atoms with Crippen LogP contribution in [0.2, 0.25) is 0 Å². The van der Waals surface area contributed by atoms with Gasteiger partial charge in [0, 0.05) is 0 Å². The van der Waals surface area contributed by atoms with Crippen LogP contribution in [0.15, 0.2) is 54.1 Å². The Kier molecular flexibility index (Phi) is 2.72. The number of anilines is 1. The number of nitrogens with zero attached hydrogens (tertiary/aromatic N) is 1. The van der Waals surface area contributed by atoms with Crippen molar-refractivity contribution in [3.63, 3.8) is 0 Å². The number of fused-ring (bicyclic) bond motifs is 2. The molecule has 2 unspecified atom stereocenters. The molecular formula is C15H14N2O2. The summed E-state index contributed by atoms with van der Waals surface area (Å²) >= 11 is 0. The Labute approximate surface area is 111 Å². The highest BCUT2D eigenvalue weighted by Gasteiger charge is 2.29. The van der Waals surface area contributed by atoms with E-state index in [2.05, 4.69) is 0 Å². The average Bonchev–Trinajstić information content (AvgIpc) is 2.55. The average molecular weight is 254 g/mol. The van der Waals surface area contributed by atoms with Crippen molar-refractivity contribution in [3.8, 4) is 0 Å². The number of urea groups is 1. The molecule has 1 aromatic carbocycles. The summed E-state index contributed by atoms with van der Waals surface area (Å²) < 4.78 is 0. The lowest BCUT2D eigenvalue weighted by atomic mass is 9.98. The Morgan fingerprint density at radius 2 is 2.00 bits per heavy atom. The van der Waals surface area contributed by atoms with E-state index in [9.17, 15) is 9.90 Å². The van der Waals surface area contributed by atoms with Crippen LogP contribution in [0.1, 0.15) is 5.56 Å². The summed E-state index contributed by atoms with van der Waals surface area (Å²) in [5.74, 6) is 0. The summed E-state index contributed by atoms with van der Waals surface area (Å²) in [6.07, 6.45) is 8.42. The van der Waals surface area contributed by atoms with E-state index in [1.165, 1.54) is 0 Å². The van der Waals surface area contributed by atoms with E-state index >= 15 is 0 Å². The minimum Gasteiger partial charge on any atom is -0.385 e. The van der Waals surface area contributed by atoms with Gasteiger partial charge in [-0.1, -0.05) is 42.5 Å². The number of aliphatic hydroxyl groups excluding tert-OH is 1.